The maximum Gasteiger partial charge on any atom is 0.338 e. The largest absolute Gasteiger partial charge is 0.457 e. The Morgan fingerprint density at radius 2 is 1.70 bits per heavy atom. The number of rotatable bonds is 5. The van der Waals surface area contributed by atoms with Crippen LogP contribution < -0.4 is 4.90 Å². The maximum absolute atomic E-state index is 12.7. The molecule has 0 N–H and O–H groups in total. The lowest BCUT2D eigenvalue weighted by atomic mass is 9.85. The van der Waals surface area contributed by atoms with Crippen molar-refractivity contribution in [3.63, 3.8) is 0 Å². The first-order chi connectivity index (χ1) is 14.5. The van der Waals surface area contributed by atoms with Gasteiger partial charge in [-0.15, -0.1) is 0 Å². The summed E-state index contributed by atoms with van der Waals surface area (Å²) in [6.45, 7) is -0.266. The number of ether oxygens (including phenoxy) is 1. The van der Waals surface area contributed by atoms with Gasteiger partial charge in [-0.25, -0.2) is 4.79 Å². The van der Waals surface area contributed by atoms with Gasteiger partial charge in [0.2, 0.25) is 11.8 Å². The molecule has 2 amide bonds. The lowest BCUT2D eigenvalue weighted by Gasteiger charge is -2.15. The number of carbonyl (C=O) groups excluding carboxylic acids is 3. The Bertz CT molecular complexity index is 1050. The SMILES string of the molecule is O=C(OCc1ccccc1[N+](=O)[O-])c1cccc(N2C(=O)[C@@H]3CC=CC[C@H]3C2=O)c1. The molecule has 30 heavy (non-hydrogen) atoms. The van der Waals surface area contributed by atoms with Crippen molar-refractivity contribution in [2.75, 3.05) is 4.90 Å². The van der Waals surface area contributed by atoms with E-state index in [2.05, 4.69) is 0 Å². The van der Waals surface area contributed by atoms with Gasteiger partial charge in [0.05, 0.1) is 33.6 Å². The van der Waals surface area contributed by atoms with E-state index in [0.717, 1.165) is 4.90 Å². The summed E-state index contributed by atoms with van der Waals surface area (Å²) in [5.41, 5.74) is 0.608. The van der Waals surface area contributed by atoms with Crippen LogP contribution in [-0.2, 0) is 20.9 Å². The summed E-state index contributed by atoms with van der Waals surface area (Å²) in [5.74, 6) is -1.96. The van der Waals surface area contributed by atoms with Crippen molar-refractivity contribution in [3.05, 3.63) is 81.9 Å². The number of benzene rings is 2. The smallest absolute Gasteiger partial charge is 0.338 e. The number of hydrogen-bond donors (Lipinski definition) is 0. The van der Waals surface area contributed by atoms with Crippen molar-refractivity contribution in [3.8, 4) is 0 Å². The number of hydrogen-bond acceptors (Lipinski definition) is 6. The molecule has 1 heterocycles. The Morgan fingerprint density at radius 1 is 1.03 bits per heavy atom. The number of fused-ring (bicyclic) bond motifs is 1. The molecule has 1 fully saturated rings. The summed E-state index contributed by atoms with van der Waals surface area (Å²) in [6.07, 6.45) is 4.88. The highest BCUT2D eigenvalue weighted by molar-refractivity contribution is 6.22. The Labute approximate surface area is 171 Å². The highest BCUT2D eigenvalue weighted by Gasteiger charge is 2.47. The first kappa shape index (κ1) is 19.5. The number of allylic oxidation sites excluding steroid dienone is 2. The van der Waals surface area contributed by atoms with E-state index in [1.807, 2.05) is 12.2 Å². The normalized spacial score (nSPS) is 20.2. The molecule has 0 aromatic heterocycles. The van der Waals surface area contributed by atoms with Crippen LogP contribution in [0.25, 0.3) is 0 Å². The van der Waals surface area contributed by atoms with Gasteiger partial charge >= 0.3 is 5.97 Å². The van der Waals surface area contributed by atoms with Crippen molar-refractivity contribution in [1.82, 2.24) is 0 Å². The fourth-order valence-electron chi connectivity index (χ4n) is 3.86. The summed E-state index contributed by atoms with van der Waals surface area (Å²) in [5, 5.41) is 11.1. The standard InChI is InChI=1S/C22H18N2O6/c25-20-17-9-2-3-10-18(17)21(26)23(20)16-8-5-7-14(12-16)22(27)30-13-15-6-1-4-11-19(15)24(28)29/h1-8,11-12,17-18H,9-10,13H2/t17-,18-/m1/s1. The van der Waals surface area contributed by atoms with E-state index < -0.39 is 10.9 Å². The zero-order valence-corrected chi connectivity index (χ0v) is 15.9. The minimum Gasteiger partial charge on any atom is -0.457 e. The van der Waals surface area contributed by atoms with Gasteiger partial charge in [-0.1, -0.05) is 30.4 Å². The minimum atomic E-state index is -0.701. The summed E-state index contributed by atoms with van der Waals surface area (Å²) >= 11 is 0. The molecule has 0 unspecified atom stereocenters. The molecular formula is C22H18N2O6. The molecule has 0 bridgehead atoms. The van der Waals surface area contributed by atoms with Gasteiger partial charge < -0.3 is 4.74 Å². The fraction of sp³-hybridized carbons (Fsp3) is 0.227. The van der Waals surface area contributed by atoms with Gasteiger partial charge in [0.25, 0.3) is 5.69 Å². The van der Waals surface area contributed by atoms with Gasteiger partial charge in [-0.2, -0.15) is 0 Å². The second-order valence-corrected chi connectivity index (χ2v) is 7.18. The Morgan fingerprint density at radius 3 is 2.37 bits per heavy atom. The number of esters is 1. The molecule has 2 aromatic carbocycles. The van der Waals surface area contributed by atoms with Gasteiger partial charge in [-0.3, -0.25) is 24.6 Å². The van der Waals surface area contributed by atoms with Crippen LogP contribution in [0, 0.1) is 22.0 Å². The van der Waals surface area contributed by atoms with Crippen LogP contribution in [-0.4, -0.2) is 22.7 Å². The molecule has 0 radical (unpaired) electrons. The predicted octanol–water partition coefficient (Wildman–Crippen LogP) is 3.41. The van der Waals surface area contributed by atoms with Crippen molar-refractivity contribution in [2.45, 2.75) is 19.4 Å². The number of amides is 2. The predicted molar refractivity (Wildman–Crippen MR) is 107 cm³/mol. The van der Waals surface area contributed by atoms with Crippen LogP contribution in [0.2, 0.25) is 0 Å². The summed E-state index contributed by atoms with van der Waals surface area (Å²) < 4.78 is 5.23. The number of imide groups is 1. The number of carbonyl (C=O) groups is 3. The highest BCUT2D eigenvalue weighted by atomic mass is 16.6. The molecule has 1 aliphatic heterocycles. The molecule has 152 valence electrons. The highest BCUT2D eigenvalue weighted by Crippen LogP contribution is 2.37. The van der Waals surface area contributed by atoms with Crippen LogP contribution >= 0.6 is 0 Å². The van der Waals surface area contributed by atoms with Gasteiger partial charge in [-0.05, 0) is 37.1 Å². The number of para-hydroxylation sites is 1. The zero-order chi connectivity index (χ0) is 21.3. The minimum absolute atomic E-state index is 0.136. The molecule has 2 aliphatic rings. The van der Waals surface area contributed by atoms with Gasteiger partial charge in [0, 0.05) is 6.07 Å². The van der Waals surface area contributed by atoms with E-state index in [1.54, 1.807) is 18.2 Å². The Balaban J connectivity index is 1.51. The summed E-state index contributed by atoms with van der Waals surface area (Å²) in [7, 11) is 0. The molecule has 4 rings (SSSR count). The molecule has 1 aliphatic carbocycles. The molecule has 2 atom stereocenters. The molecular weight excluding hydrogens is 388 g/mol. The number of nitrogens with zero attached hydrogens (tertiary/aromatic N) is 2. The van der Waals surface area contributed by atoms with E-state index in [1.165, 1.54) is 30.3 Å². The molecule has 2 aromatic rings. The quantitative estimate of drug-likeness (QED) is 0.248. The van der Waals surface area contributed by atoms with Crippen molar-refractivity contribution in [1.29, 1.82) is 0 Å². The number of nitro benzene ring substituents is 1. The number of anilines is 1. The lowest BCUT2D eigenvalue weighted by Crippen LogP contribution is -2.31. The maximum atomic E-state index is 12.7. The second kappa shape index (κ2) is 7.90. The third-order valence-electron chi connectivity index (χ3n) is 5.39. The monoisotopic (exact) mass is 406 g/mol. The molecule has 8 heteroatoms. The molecule has 8 nitrogen and oxygen atoms in total. The first-order valence-corrected chi connectivity index (χ1v) is 9.49. The van der Waals surface area contributed by atoms with Crippen molar-refractivity contribution >= 4 is 29.2 Å². The topological polar surface area (TPSA) is 107 Å². The van der Waals surface area contributed by atoms with Gasteiger partial charge in [0.15, 0.2) is 0 Å². The van der Waals surface area contributed by atoms with Crippen LogP contribution in [0.1, 0.15) is 28.8 Å². The first-order valence-electron chi connectivity index (χ1n) is 9.49. The molecule has 1 saturated heterocycles. The Hall–Kier alpha value is -3.81. The zero-order valence-electron chi connectivity index (χ0n) is 15.9. The third-order valence-corrected chi connectivity index (χ3v) is 5.39. The van der Waals surface area contributed by atoms with E-state index in [9.17, 15) is 24.5 Å². The van der Waals surface area contributed by atoms with Crippen molar-refractivity contribution in [2.24, 2.45) is 11.8 Å². The van der Waals surface area contributed by atoms with Crippen molar-refractivity contribution < 1.29 is 24.0 Å². The molecule has 0 spiro atoms. The third kappa shape index (κ3) is 3.47. The van der Waals surface area contributed by atoms with Crippen LogP contribution in [0.3, 0.4) is 0 Å². The fourth-order valence-corrected chi connectivity index (χ4v) is 3.86. The average molecular weight is 406 g/mol. The van der Waals surface area contributed by atoms with E-state index in [4.69, 9.17) is 4.74 Å². The van der Waals surface area contributed by atoms with Crippen LogP contribution in [0.5, 0.6) is 0 Å². The van der Waals surface area contributed by atoms with Gasteiger partial charge in [0.1, 0.15) is 6.61 Å². The summed E-state index contributed by atoms with van der Waals surface area (Å²) in [4.78, 5) is 49.6. The van der Waals surface area contributed by atoms with E-state index >= 15 is 0 Å². The Kier molecular flexibility index (Phi) is 5.14. The van der Waals surface area contributed by atoms with Crippen LogP contribution in [0.15, 0.2) is 60.7 Å². The van der Waals surface area contributed by atoms with E-state index in [-0.39, 0.29) is 47.1 Å². The average Bonchev–Trinajstić information content (AvgIpc) is 3.02. The lowest BCUT2D eigenvalue weighted by molar-refractivity contribution is -0.385. The van der Waals surface area contributed by atoms with E-state index in [0.29, 0.717) is 18.5 Å². The number of nitro groups is 1. The van der Waals surface area contributed by atoms with Crippen LogP contribution in [0.4, 0.5) is 11.4 Å². The second-order valence-electron chi connectivity index (χ2n) is 7.18. The molecule has 0 saturated carbocycles. The summed E-state index contributed by atoms with van der Waals surface area (Å²) in [6, 6.07) is 12.1.